The van der Waals surface area contributed by atoms with Gasteiger partial charge in [0.1, 0.15) is 0 Å². The van der Waals surface area contributed by atoms with E-state index in [-0.39, 0.29) is 0 Å². The van der Waals surface area contributed by atoms with Crippen LogP contribution in [0.1, 0.15) is 24.6 Å². The van der Waals surface area contributed by atoms with Crippen molar-refractivity contribution in [1.29, 1.82) is 0 Å². The second kappa shape index (κ2) is 4.94. The van der Waals surface area contributed by atoms with E-state index in [0.717, 1.165) is 17.8 Å². The number of nitrogens with zero attached hydrogens (tertiary/aromatic N) is 2. The van der Waals surface area contributed by atoms with Gasteiger partial charge in [-0.3, -0.25) is 0 Å². The number of hydrogen-bond donors (Lipinski definition) is 1. The number of aromatic nitrogens is 2. The Morgan fingerprint density at radius 2 is 2.00 bits per heavy atom. The Morgan fingerprint density at radius 3 is 2.62 bits per heavy atom. The maximum Gasteiger partial charge on any atom is 0.0994 e. The van der Waals surface area contributed by atoms with E-state index < -0.39 is 0 Å². The minimum absolute atomic E-state index is 0.511. The van der Waals surface area contributed by atoms with E-state index in [0.29, 0.717) is 6.54 Å². The summed E-state index contributed by atoms with van der Waals surface area (Å²) >= 11 is 0. The van der Waals surface area contributed by atoms with Crippen LogP contribution in [0.5, 0.6) is 0 Å². The second-order valence-electron chi connectivity index (χ2n) is 3.88. The van der Waals surface area contributed by atoms with Gasteiger partial charge in [-0.15, -0.1) is 0 Å². The molecule has 0 radical (unpaired) electrons. The highest BCUT2D eigenvalue weighted by Crippen LogP contribution is 2.13. The van der Waals surface area contributed by atoms with Crippen LogP contribution in [0, 0.1) is 0 Å². The zero-order chi connectivity index (χ0) is 11.4. The highest BCUT2D eigenvalue weighted by Gasteiger charge is 2.02. The van der Waals surface area contributed by atoms with Crippen molar-refractivity contribution in [3.05, 3.63) is 48.0 Å². The summed E-state index contributed by atoms with van der Waals surface area (Å²) in [6.07, 6.45) is 5.92. The number of rotatable bonds is 4. The fraction of sp³-hybridized carbons (Fsp3) is 0.308. The van der Waals surface area contributed by atoms with Crippen LogP contribution in [0.25, 0.3) is 5.69 Å². The molecule has 0 spiro atoms. The number of imidazole rings is 1. The fourth-order valence-corrected chi connectivity index (χ4v) is 1.82. The Kier molecular flexibility index (Phi) is 3.37. The quantitative estimate of drug-likeness (QED) is 0.850. The predicted molar refractivity (Wildman–Crippen MR) is 65.5 cm³/mol. The van der Waals surface area contributed by atoms with Crippen molar-refractivity contribution in [1.82, 2.24) is 9.55 Å². The summed E-state index contributed by atoms with van der Waals surface area (Å²) in [5.41, 5.74) is 9.18. The zero-order valence-corrected chi connectivity index (χ0v) is 9.56. The van der Waals surface area contributed by atoms with Crippen LogP contribution >= 0.6 is 0 Å². The van der Waals surface area contributed by atoms with Gasteiger partial charge in [0.25, 0.3) is 0 Å². The molecule has 1 aromatic carbocycles. The van der Waals surface area contributed by atoms with Crippen LogP contribution in [0.4, 0.5) is 0 Å². The molecule has 0 bridgehead atoms. The summed E-state index contributed by atoms with van der Waals surface area (Å²) in [4.78, 5) is 4.11. The van der Waals surface area contributed by atoms with Crippen LogP contribution in [0.2, 0.25) is 0 Å². The largest absolute Gasteiger partial charge is 0.325 e. The Hall–Kier alpha value is -1.61. The lowest BCUT2D eigenvalue weighted by atomic mass is 10.1. The molecule has 1 aromatic heterocycles. The highest BCUT2D eigenvalue weighted by atomic mass is 15.1. The first-order valence-corrected chi connectivity index (χ1v) is 5.65. The van der Waals surface area contributed by atoms with Gasteiger partial charge in [-0.1, -0.05) is 25.5 Å². The van der Waals surface area contributed by atoms with Crippen molar-refractivity contribution in [2.24, 2.45) is 5.73 Å². The molecule has 0 aliphatic rings. The van der Waals surface area contributed by atoms with Crippen molar-refractivity contribution in [2.45, 2.75) is 26.3 Å². The molecule has 0 aliphatic heterocycles. The van der Waals surface area contributed by atoms with Gasteiger partial charge in [0.2, 0.25) is 0 Å². The molecule has 0 amide bonds. The molecule has 0 atom stereocenters. The lowest BCUT2D eigenvalue weighted by molar-refractivity contribution is 0.900. The predicted octanol–water partition coefficient (Wildman–Crippen LogP) is 2.28. The Labute approximate surface area is 95.9 Å². The molecule has 2 N–H and O–H groups in total. The third-order valence-corrected chi connectivity index (χ3v) is 2.68. The molecule has 2 rings (SSSR count). The molecular weight excluding hydrogens is 198 g/mol. The van der Waals surface area contributed by atoms with Gasteiger partial charge in [0, 0.05) is 18.4 Å². The minimum atomic E-state index is 0.511. The van der Waals surface area contributed by atoms with Crippen LogP contribution in [0.3, 0.4) is 0 Å². The van der Waals surface area contributed by atoms with Crippen molar-refractivity contribution in [3.63, 3.8) is 0 Å². The lowest BCUT2D eigenvalue weighted by Crippen LogP contribution is -2.04. The second-order valence-corrected chi connectivity index (χ2v) is 3.88. The number of hydrogen-bond acceptors (Lipinski definition) is 2. The van der Waals surface area contributed by atoms with E-state index in [2.05, 4.69) is 36.2 Å². The van der Waals surface area contributed by atoms with Crippen LogP contribution in [-0.2, 0) is 13.0 Å². The van der Waals surface area contributed by atoms with Gasteiger partial charge in [0.15, 0.2) is 0 Å². The van der Waals surface area contributed by atoms with E-state index in [1.54, 1.807) is 12.5 Å². The standard InChI is InChI=1S/C13H17N3/c1-2-3-11-4-6-12(7-5-11)16-10-15-9-13(16)8-14/h4-7,9-10H,2-3,8,14H2,1H3. The summed E-state index contributed by atoms with van der Waals surface area (Å²) in [5, 5.41) is 0. The van der Waals surface area contributed by atoms with E-state index in [1.807, 2.05) is 4.57 Å². The molecule has 1 heterocycles. The third kappa shape index (κ3) is 2.14. The highest BCUT2D eigenvalue weighted by molar-refractivity contribution is 5.36. The number of nitrogens with two attached hydrogens (primary N) is 1. The maximum atomic E-state index is 5.65. The molecule has 0 unspecified atom stereocenters. The average Bonchev–Trinajstić information content (AvgIpc) is 2.78. The maximum absolute atomic E-state index is 5.65. The van der Waals surface area contributed by atoms with Crippen LogP contribution < -0.4 is 5.73 Å². The molecule has 0 fully saturated rings. The Balaban J connectivity index is 2.27. The van der Waals surface area contributed by atoms with Gasteiger partial charge in [0.05, 0.1) is 12.0 Å². The number of benzene rings is 1. The van der Waals surface area contributed by atoms with Crippen molar-refractivity contribution < 1.29 is 0 Å². The Morgan fingerprint density at radius 1 is 1.25 bits per heavy atom. The van der Waals surface area contributed by atoms with Gasteiger partial charge in [-0.05, 0) is 24.1 Å². The third-order valence-electron chi connectivity index (χ3n) is 2.68. The molecule has 84 valence electrons. The molecule has 2 aromatic rings. The first-order chi connectivity index (χ1) is 7.85. The molecule has 3 nitrogen and oxygen atoms in total. The van der Waals surface area contributed by atoms with E-state index in [9.17, 15) is 0 Å². The van der Waals surface area contributed by atoms with Crippen molar-refractivity contribution in [2.75, 3.05) is 0 Å². The summed E-state index contributed by atoms with van der Waals surface area (Å²) < 4.78 is 2.02. The topological polar surface area (TPSA) is 43.8 Å². The average molecular weight is 215 g/mol. The van der Waals surface area contributed by atoms with E-state index >= 15 is 0 Å². The SMILES string of the molecule is CCCc1ccc(-n2cncc2CN)cc1. The zero-order valence-electron chi connectivity index (χ0n) is 9.56. The smallest absolute Gasteiger partial charge is 0.0994 e. The van der Waals surface area contributed by atoms with Gasteiger partial charge in [-0.25, -0.2) is 4.98 Å². The molecule has 0 saturated heterocycles. The molecular formula is C13H17N3. The van der Waals surface area contributed by atoms with Gasteiger partial charge in [-0.2, -0.15) is 0 Å². The first-order valence-electron chi connectivity index (χ1n) is 5.65. The summed E-state index contributed by atoms with van der Waals surface area (Å²) in [6, 6.07) is 8.57. The van der Waals surface area contributed by atoms with E-state index in [4.69, 9.17) is 5.73 Å². The summed E-state index contributed by atoms with van der Waals surface area (Å²) in [6.45, 7) is 2.70. The molecule has 3 heteroatoms. The van der Waals surface area contributed by atoms with Crippen molar-refractivity contribution >= 4 is 0 Å². The molecule has 0 aliphatic carbocycles. The van der Waals surface area contributed by atoms with Crippen LogP contribution in [0.15, 0.2) is 36.8 Å². The fourth-order valence-electron chi connectivity index (χ4n) is 1.82. The van der Waals surface area contributed by atoms with E-state index in [1.165, 1.54) is 12.0 Å². The number of aryl methyl sites for hydroxylation is 1. The monoisotopic (exact) mass is 215 g/mol. The minimum Gasteiger partial charge on any atom is -0.325 e. The summed E-state index contributed by atoms with van der Waals surface area (Å²) in [5.74, 6) is 0. The normalized spacial score (nSPS) is 10.6. The Bertz CT molecular complexity index is 442. The lowest BCUT2D eigenvalue weighted by Gasteiger charge is -2.07. The van der Waals surface area contributed by atoms with Gasteiger partial charge >= 0.3 is 0 Å². The molecule has 16 heavy (non-hydrogen) atoms. The van der Waals surface area contributed by atoms with Crippen molar-refractivity contribution in [3.8, 4) is 5.69 Å². The molecule has 0 saturated carbocycles. The van der Waals surface area contributed by atoms with Gasteiger partial charge < -0.3 is 10.3 Å². The summed E-state index contributed by atoms with van der Waals surface area (Å²) in [7, 11) is 0. The first kappa shape index (κ1) is 10.9. The van der Waals surface area contributed by atoms with Crippen LogP contribution in [-0.4, -0.2) is 9.55 Å².